The third-order valence-electron chi connectivity index (χ3n) is 4.99. The van der Waals surface area contributed by atoms with Crippen molar-refractivity contribution in [3.05, 3.63) is 64.7 Å². The molecule has 1 amide bonds. The van der Waals surface area contributed by atoms with Crippen molar-refractivity contribution in [2.24, 2.45) is 0 Å². The standard InChI is InChI=1S/C22H27N5OS/c1-14(2)18-8-10-20(11-9-18)27-22(24-25-26-27)29-13-21(28)23-17(5)19-7-6-15(3)16(4)12-19/h6-12,14,17H,13H2,1-5H3,(H,23,28)/t17-/m0/s1. The summed E-state index contributed by atoms with van der Waals surface area (Å²) < 4.78 is 1.66. The fourth-order valence-corrected chi connectivity index (χ4v) is 3.66. The SMILES string of the molecule is Cc1ccc([C@H](C)NC(=O)CSc2nnnn2-c2ccc(C(C)C)cc2)cc1C. The number of nitrogens with zero attached hydrogens (tertiary/aromatic N) is 4. The van der Waals surface area contributed by atoms with Gasteiger partial charge in [-0.1, -0.05) is 55.9 Å². The number of thioether (sulfide) groups is 1. The van der Waals surface area contributed by atoms with Gasteiger partial charge >= 0.3 is 0 Å². The molecule has 0 bridgehead atoms. The van der Waals surface area contributed by atoms with Crippen molar-refractivity contribution in [3.63, 3.8) is 0 Å². The molecule has 1 atom stereocenters. The quantitative estimate of drug-likeness (QED) is 0.587. The largest absolute Gasteiger partial charge is 0.349 e. The van der Waals surface area contributed by atoms with Crippen LogP contribution >= 0.6 is 11.8 Å². The van der Waals surface area contributed by atoms with Crippen molar-refractivity contribution < 1.29 is 4.79 Å². The molecule has 6 nitrogen and oxygen atoms in total. The van der Waals surface area contributed by atoms with Gasteiger partial charge in [-0.3, -0.25) is 4.79 Å². The first-order chi connectivity index (χ1) is 13.8. The smallest absolute Gasteiger partial charge is 0.230 e. The molecule has 29 heavy (non-hydrogen) atoms. The zero-order valence-electron chi connectivity index (χ0n) is 17.5. The molecule has 152 valence electrons. The average Bonchev–Trinajstić information content (AvgIpc) is 3.17. The second kappa shape index (κ2) is 9.22. The minimum atomic E-state index is -0.0537. The molecule has 0 radical (unpaired) electrons. The molecule has 0 fully saturated rings. The molecule has 7 heteroatoms. The summed E-state index contributed by atoms with van der Waals surface area (Å²) in [7, 11) is 0. The van der Waals surface area contributed by atoms with Gasteiger partial charge in [0.05, 0.1) is 17.5 Å². The lowest BCUT2D eigenvalue weighted by Gasteiger charge is -2.15. The van der Waals surface area contributed by atoms with Crippen molar-refractivity contribution >= 4 is 17.7 Å². The number of benzene rings is 2. The Balaban J connectivity index is 1.61. The Hall–Kier alpha value is -2.67. The summed E-state index contributed by atoms with van der Waals surface area (Å²) in [6.45, 7) is 10.5. The number of nitrogens with one attached hydrogen (secondary N) is 1. The van der Waals surface area contributed by atoms with E-state index in [0.717, 1.165) is 11.3 Å². The molecule has 0 aliphatic heterocycles. The number of amides is 1. The van der Waals surface area contributed by atoms with Gasteiger partial charge in [0, 0.05) is 0 Å². The van der Waals surface area contributed by atoms with E-state index >= 15 is 0 Å². The number of rotatable bonds is 7. The van der Waals surface area contributed by atoms with Crippen LogP contribution in [0.5, 0.6) is 0 Å². The molecule has 0 aliphatic rings. The maximum Gasteiger partial charge on any atom is 0.230 e. The lowest BCUT2D eigenvalue weighted by Crippen LogP contribution is -2.28. The Bertz CT molecular complexity index is 981. The van der Waals surface area contributed by atoms with Gasteiger partial charge in [-0.15, -0.1) is 5.10 Å². The highest BCUT2D eigenvalue weighted by Crippen LogP contribution is 2.21. The Kier molecular flexibility index (Phi) is 6.69. The molecule has 2 aromatic carbocycles. The van der Waals surface area contributed by atoms with E-state index < -0.39 is 0 Å². The molecule has 1 aromatic heterocycles. The van der Waals surface area contributed by atoms with Crippen molar-refractivity contribution in [2.75, 3.05) is 5.75 Å². The van der Waals surface area contributed by atoms with E-state index in [1.807, 2.05) is 19.1 Å². The topological polar surface area (TPSA) is 72.7 Å². The third-order valence-corrected chi connectivity index (χ3v) is 5.91. The number of aromatic nitrogens is 4. The monoisotopic (exact) mass is 409 g/mol. The Morgan fingerprint density at radius 1 is 1.03 bits per heavy atom. The highest BCUT2D eigenvalue weighted by Gasteiger charge is 2.14. The Labute approximate surface area is 176 Å². The van der Waals surface area contributed by atoms with Crippen LogP contribution in [0.25, 0.3) is 5.69 Å². The first-order valence-corrected chi connectivity index (χ1v) is 10.7. The highest BCUT2D eigenvalue weighted by atomic mass is 32.2. The Morgan fingerprint density at radius 2 is 1.72 bits per heavy atom. The van der Waals surface area contributed by atoms with Gasteiger partial charge in [0.1, 0.15) is 0 Å². The van der Waals surface area contributed by atoms with E-state index in [-0.39, 0.29) is 17.7 Å². The molecular formula is C22H27N5OS. The number of hydrogen-bond acceptors (Lipinski definition) is 5. The minimum absolute atomic E-state index is 0.0505. The van der Waals surface area contributed by atoms with Crippen LogP contribution in [0.3, 0.4) is 0 Å². The van der Waals surface area contributed by atoms with Crippen molar-refractivity contribution in [3.8, 4) is 5.69 Å². The van der Waals surface area contributed by atoms with Crippen LogP contribution in [0.1, 0.15) is 55.0 Å². The van der Waals surface area contributed by atoms with E-state index in [0.29, 0.717) is 11.1 Å². The molecule has 3 aromatic rings. The minimum Gasteiger partial charge on any atom is -0.349 e. The van der Waals surface area contributed by atoms with Gasteiger partial charge in [-0.05, 0) is 71.5 Å². The number of hydrogen-bond donors (Lipinski definition) is 1. The number of carbonyl (C=O) groups excluding carboxylic acids is 1. The van der Waals surface area contributed by atoms with Crippen molar-refractivity contribution in [2.45, 2.75) is 51.7 Å². The summed E-state index contributed by atoms with van der Waals surface area (Å²) in [6, 6.07) is 14.4. The molecule has 0 saturated carbocycles. The van der Waals surface area contributed by atoms with E-state index in [2.05, 4.69) is 78.9 Å². The van der Waals surface area contributed by atoms with Crippen LogP contribution in [0.15, 0.2) is 47.6 Å². The third kappa shape index (κ3) is 5.23. The van der Waals surface area contributed by atoms with Gasteiger partial charge < -0.3 is 5.32 Å². The molecule has 0 aliphatic carbocycles. The predicted octanol–water partition coefficient (Wildman–Crippen LogP) is 4.37. The number of carbonyl (C=O) groups is 1. The first kappa shape index (κ1) is 21.0. The normalized spacial score (nSPS) is 12.2. The van der Waals surface area contributed by atoms with Crippen LogP contribution in [-0.4, -0.2) is 31.9 Å². The fraction of sp³-hybridized carbons (Fsp3) is 0.364. The van der Waals surface area contributed by atoms with Gasteiger partial charge in [0.15, 0.2) is 0 Å². The van der Waals surface area contributed by atoms with Crippen molar-refractivity contribution in [1.29, 1.82) is 0 Å². The molecule has 1 N–H and O–H groups in total. The van der Waals surface area contributed by atoms with Gasteiger partial charge in [-0.25, -0.2) is 0 Å². The summed E-state index contributed by atoms with van der Waals surface area (Å²) in [4.78, 5) is 12.4. The van der Waals surface area contributed by atoms with Gasteiger partial charge in [0.2, 0.25) is 11.1 Å². The van der Waals surface area contributed by atoms with E-state index in [1.54, 1.807) is 4.68 Å². The summed E-state index contributed by atoms with van der Waals surface area (Å²) in [6.07, 6.45) is 0. The predicted molar refractivity (Wildman–Crippen MR) is 116 cm³/mol. The number of aryl methyl sites for hydroxylation is 2. The lowest BCUT2D eigenvalue weighted by molar-refractivity contribution is -0.119. The van der Waals surface area contributed by atoms with Crippen LogP contribution in [0.2, 0.25) is 0 Å². The summed E-state index contributed by atoms with van der Waals surface area (Å²) in [5.74, 6) is 0.666. The second-order valence-electron chi connectivity index (χ2n) is 7.54. The maximum atomic E-state index is 12.4. The molecule has 0 spiro atoms. The van der Waals surface area contributed by atoms with Crippen LogP contribution in [0, 0.1) is 13.8 Å². The molecule has 0 unspecified atom stereocenters. The van der Waals surface area contributed by atoms with E-state index in [4.69, 9.17) is 0 Å². The number of tetrazole rings is 1. The van der Waals surface area contributed by atoms with Gasteiger partial charge in [-0.2, -0.15) is 4.68 Å². The first-order valence-electron chi connectivity index (χ1n) is 9.73. The zero-order valence-corrected chi connectivity index (χ0v) is 18.3. The molecule has 1 heterocycles. The highest BCUT2D eigenvalue weighted by molar-refractivity contribution is 7.99. The second-order valence-corrected chi connectivity index (χ2v) is 8.48. The van der Waals surface area contributed by atoms with Crippen LogP contribution < -0.4 is 5.32 Å². The molecule has 3 rings (SSSR count). The Morgan fingerprint density at radius 3 is 2.38 bits per heavy atom. The maximum absolute atomic E-state index is 12.4. The van der Waals surface area contributed by atoms with Crippen molar-refractivity contribution in [1.82, 2.24) is 25.5 Å². The van der Waals surface area contributed by atoms with Crippen LogP contribution in [0.4, 0.5) is 0 Å². The lowest BCUT2D eigenvalue weighted by atomic mass is 10.0. The summed E-state index contributed by atoms with van der Waals surface area (Å²) >= 11 is 1.32. The molecule has 0 saturated heterocycles. The van der Waals surface area contributed by atoms with Crippen LogP contribution in [-0.2, 0) is 4.79 Å². The summed E-state index contributed by atoms with van der Waals surface area (Å²) in [5, 5.41) is 15.5. The molecular weight excluding hydrogens is 382 g/mol. The van der Waals surface area contributed by atoms with E-state index in [1.165, 1.54) is 28.5 Å². The summed E-state index contributed by atoms with van der Waals surface area (Å²) in [5.41, 5.74) is 5.71. The average molecular weight is 410 g/mol. The zero-order chi connectivity index (χ0) is 21.0. The fourth-order valence-electron chi connectivity index (χ4n) is 2.96. The van der Waals surface area contributed by atoms with E-state index in [9.17, 15) is 4.79 Å². The van der Waals surface area contributed by atoms with Gasteiger partial charge in [0.25, 0.3) is 0 Å².